The fourth-order valence-corrected chi connectivity index (χ4v) is 11.3. The molecule has 30 nitrogen and oxygen atoms in total. The zero-order chi connectivity index (χ0) is 60.6. The number of nitrogens with two attached hydrogens (primary N) is 2. The predicted molar refractivity (Wildman–Crippen MR) is 282 cm³/mol. The van der Waals surface area contributed by atoms with Crippen LogP contribution in [0, 0.1) is 5.92 Å². The van der Waals surface area contributed by atoms with Gasteiger partial charge in [-0.1, -0.05) is 26.0 Å². The molecule has 30 heteroatoms. The van der Waals surface area contributed by atoms with Gasteiger partial charge in [-0.2, -0.15) is 0 Å². The number of hydrogen-bond donors (Lipinski definition) is 15. The Kier molecular flexibility index (Phi) is 22.1. The molecule has 0 saturated carbocycles. The number of nitrogens with one attached hydrogen (secondary N) is 4. The van der Waals surface area contributed by atoms with Crippen molar-refractivity contribution in [2.75, 3.05) is 45.9 Å². The lowest BCUT2D eigenvalue weighted by Crippen LogP contribution is -2.62. The van der Waals surface area contributed by atoms with E-state index in [4.69, 9.17) is 11.5 Å². The lowest BCUT2D eigenvalue weighted by atomic mass is 9.99. The van der Waals surface area contributed by atoms with E-state index in [-0.39, 0.29) is 63.9 Å². The monoisotopic (exact) mass is 1160 g/mol. The number of β-amino-alcohol motifs (C(OH)–C–C–N with tert-alkyl or cyclic N) is 5. The maximum absolute atomic E-state index is 14.5. The van der Waals surface area contributed by atoms with Crippen molar-refractivity contribution >= 4 is 59.1 Å². The van der Waals surface area contributed by atoms with Gasteiger partial charge in [0.1, 0.15) is 66.2 Å². The summed E-state index contributed by atoms with van der Waals surface area (Å²) in [6.45, 7) is 1.74. The highest BCUT2D eigenvalue weighted by Gasteiger charge is 2.53. The SMILES string of the molecule is CC(C)[C@H](NC(=O)[C@@H]1C[C@@H](O)CN1C(=O)[C@@H](NC(=O)[C@@H]1C[C@@H](O)CN1C(=O)[C@@H]1C[C@@H](O)CN1C(=O)[C@@H]1C[C@@H](O)CN1C(=O)[C@@H]1C[C@@H](O)CN1C(=O)[C@@H](N)CO)[C@@H](C)O)C(=O)N[C@@H](Cc1ccc(O)cc1)C(=O)N[C@@H](CCCCN)C(=O)O. The number of aromatic hydroxyl groups is 1. The summed E-state index contributed by atoms with van der Waals surface area (Å²) in [7, 11) is 0. The van der Waals surface area contributed by atoms with Crippen LogP contribution in [0.4, 0.5) is 0 Å². The lowest BCUT2D eigenvalue weighted by Gasteiger charge is -2.35. The average molecular weight is 1160 g/mol. The van der Waals surface area contributed by atoms with Crippen molar-refractivity contribution in [3.63, 3.8) is 0 Å². The van der Waals surface area contributed by atoms with Gasteiger partial charge < -0.3 is 103 Å². The molecule has 456 valence electrons. The summed E-state index contributed by atoms with van der Waals surface area (Å²) in [6.07, 6.45) is -9.05. The number of unbranched alkanes of at least 4 members (excludes halogenated alkanes) is 1. The van der Waals surface area contributed by atoms with Crippen LogP contribution in [-0.2, 0) is 54.4 Å². The largest absolute Gasteiger partial charge is 0.508 e. The highest BCUT2D eigenvalue weighted by atomic mass is 16.4. The number of carbonyl (C=O) groups excluding carboxylic acids is 9. The Morgan fingerprint density at radius 2 is 0.963 bits per heavy atom. The molecule has 5 fully saturated rings. The van der Waals surface area contributed by atoms with E-state index >= 15 is 0 Å². The van der Waals surface area contributed by atoms with E-state index in [1.807, 2.05) is 0 Å². The Balaban J connectivity index is 1.15. The summed E-state index contributed by atoms with van der Waals surface area (Å²) in [4.78, 5) is 144. The van der Waals surface area contributed by atoms with Crippen LogP contribution in [0.15, 0.2) is 24.3 Å². The summed E-state index contributed by atoms with van der Waals surface area (Å²) in [5.74, 6) is -10.4. The van der Waals surface area contributed by atoms with Crippen molar-refractivity contribution in [2.45, 2.75) is 176 Å². The second-order valence-electron chi connectivity index (χ2n) is 22.3. The molecule has 9 amide bonds. The van der Waals surface area contributed by atoms with E-state index in [9.17, 15) is 93.9 Å². The van der Waals surface area contributed by atoms with Gasteiger partial charge in [-0.15, -0.1) is 0 Å². The quantitative estimate of drug-likeness (QED) is 0.0453. The van der Waals surface area contributed by atoms with Gasteiger partial charge in [0.15, 0.2) is 0 Å². The smallest absolute Gasteiger partial charge is 0.326 e. The van der Waals surface area contributed by atoms with Gasteiger partial charge in [0.25, 0.3) is 0 Å². The van der Waals surface area contributed by atoms with Crippen molar-refractivity contribution in [1.29, 1.82) is 0 Å². The molecule has 0 spiro atoms. The molecular formula is C52H79N11O19. The fraction of sp³-hybridized carbons (Fsp3) is 0.692. The number of carbonyl (C=O) groups is 10. The maximum atomic E-state index is 14.5. The molecule has 5 aliphatic heterocycles. The first-order chi connectivity index (χ1) is 38.6. The van der Waals surface area contributed by atoms with Gasteiger partial charge in [0, 0.05) is 71.2 Å². The van der Waals surface area contributed by atoms with Crippen molar-refractivity contribution in [3.05, 3.63) is 29.8 Å². The second-order valence-corrected chi connectivity index (χ2v) is 22.3. The Hall–Kier alpha value is -6.64. The summed E-state index contributed by atoms with van der Waals surface area (Å²) in [6, 6.07) is -9.07. The van der Waals surface area contributed by atoms with Gasteiger partial charge in [-0.25, -0.2) is 4.79 Å². The molecule has 0 unspecified atom stereocenters. The molecule has 5 saturated heterocycles. The number of aliphatic hydroxyl groups excluding tert-OH is 7. The lowest BCUT2D eigenvalue weighted by molar-refractivity contribution is -0.153. The van der Waals surface area contributed by atoms with Crippen molar-refractivity contribution < 1.29 is 93.9 Å². The Labute approximate surface area is 472 Å². The highest BCUT2D eigenvalue weighted by Crippen LogP contribution is 2.32. The topological polar surface area (TPSA) is 469 Å². The van der Waals surface area contributed by atoms with Gasteiger partial charge in [0.05, 0.1) is 43.2 Å². The van der Waals surface area contributed by atoms with E-state index in [0.29, 0.717) is 18.4 Å². The van der Waals surface area contributed by atoms with Gasteiger partial charge in [-0.3, -0.25) is 43.2 Å². The van der Waals surface area contributed by atoms with E-state index in [1.54, 1.807) is 13.8 Å². The number of nitrogens with zero attached hydrogens (tertiary/aromatic N) is 5. The molecule has 0 aliphatic carbocycles. The van der Waals surface area contributed by atoms with Crippen LogP contribution in [0.2, 0.25) is 0 Å². The van der Waals surface area contributed by atoms with E-state index < -0.39 is 195 Å². The minimum absolute atomic E-state index is 0.0354. The molecule has 1 aromatic carbocycles. The first kappa shape index (κ1) is 64.5. The number of rotatable bonds is 23. The Morgan fingerprint density at radius 3 is 1.40 bits per heavy atom. The van der Waals surface area contributed by atoms with Crippen molar-refractivity contribution in [1.82, 2.24) is 45.8 Å². The Morgan fingerprint density at radius 1 is 0.561 bits per heavy atom. The van der Waals surface area contributed by atoms with Crippen LogP contribution in [-0.4, -0.2) is 273 Å². The third-order valence-electron chi connectivity index (χ3n) is 15.6. The van der Waals surface area contributed by atoms with Crippen LogP contribution >= 0.6 is 0 Å². The molecule has 82 heavy (non-hydrogen) atoms. The summed E-state index contributed by atoms with van der Waals surface area (Å²) < 4.78 is 0. The molecule has 0 radical (unpaired) electrons. The first-order valence-corrected chi connectivity index (χ1v) is 27.5. The number of hydrogen-bond acceptors (Lipinski definition) is 20. The van der Waals surface area contributed by atoms with Crippen LogP contribution < -0.4 is 32.7 Å². The second kappa shape index (κ2) is 28.1. The van der Waals surface area contributed by atoms with Crippen LogP contribution in [0.1, 0.15) is 77.7 Å². The molecule has 16 atom stereocenters. The number of aliphatic hydroxyl groups is 7. The summed E-state index contributed by atoms with van der Waals surface area (Å²) in [5, 5.41) is 104. The zero-order valence-electron chi connectivity index (χ0n) is 45.9. The molecule has 0 bridgehead atoms. The van der Waals surface area contributed by atoms with E-state index in [0.717, 1.165) is 31.4 Å². The maximum Gasteiger partial charge on any atom is 0.326 e. The molecule has 1 aromatic rings. The zero-order valence-corrected chi connectivity index (χ0v) is 45.9. The minimum Gasteiger partial charge on any atom is -0.508 e. The van der Waals surface area contributed by atoms with Gasteiger partial charge in [-0.05, 0) is 56.3 Å². The molecule has 5 heterocycles. The average Bonchev–Trinajstić information content (AvgIpc) is 4.45. The highest BCUT2D eigenvalue weighted by molar-refractivity contribution is 5.99. The minimum atomic E-state index is -1.86. The number of amides is 9. The number of carboxylic acid groups (broad SMARTS) is 1. The van der Waals surface area contributed by atoms with Crippen LogP contribution in [0.25, 0.3) is 0 Å². The van der Waals surface area contributed by atoms with Gasteiger partial charge >= 0.3 is 5.97 Å². The van der Waals surface area contributed by atoms with Crippen LogP contribution in [0.5, 0.6) is 5.75 Å². The van der Waals surface area contributed by atoms with Crippen molar-refractivity contribution in [2.24, 2.45) is 17.4 Å². The van der Waals surface area contributed by atoms with Crippen LogP contribution in [0.3, 0.4) is 0 Å². The first-order valence-electron chi connectivity index (χ1n) is 27.5. The summed E-state index contributed by atoms with van der Waals surface area (Å²) >= 11 is 0. The van der Waals surface area contributed by atoms with Crippen molar-refractivity contribution in [3.8, 4) is 5.75 Å². The molecule has 5 aliphatic rings. The number of benzene rings is 1. The molecule has 17 N–H and O–H groups in total. The number of phenolic OH excluding ortho intramolecular Hbond substituents is 1. The third-order valence-corrected chi connectivity index (χ3v) is 15.6. The normalized spacial score (nSPS) is 27.6. The number of likely N-dealkylation sites (tertiary alicyclic amines) is 5. The third kappa shape index (κ3) is 15.3. The number of carboxylic acids is 1. The van der Waals surface area contributed by atoms with E-state index in [1.165, 1.54) is 24.3 Å². The van der Waals surface area contributed by atoms with E-state index in [2.05, 4.69) is 21.3 Å². The molecular weight excluding hydrogens is 1080 g/mol. The molecule has 0 aromatic heterocycles. The standard InChI is InChI=1S/C52H79N11O19/c1-24(2)41(46(75)56-35(12-26-7-9-27(66)10-8-26)43(72)55-34(52(81)82)6-4-5-11-53)57-44(73)37-14-29(68)19-60(37)51(80)42(25(3)65)58-45(74)36-13-28(67)18-59(36)48(77)39-16-31(70)21-62(39)50(79)40-17-32(71)22-63(40)49(78)38-15-30(69)20-61(38)47(76)33(54)23-64/h7-10,24-25,28-42,64-71H,4-6,11-23,53-54H2,1-3H3,(H,55,72)(H,56,75)(H,57,73)(H,58,74)(H,81,82)/t25-,28-,29-,30-,31-,32-,33+,34+,35+,36+,37+,38+,39+,40+,41+,42+/m1/s1. The predicted octanol–water partition coefficient (Wildman–Crippen LogP) is -7.75. The summed E-state index contributed by atoms with van der Waals surface area (Å²) in [5.41, 5.74) is 11.8. The number of aliphatic carboxylic acids is 1. The number of phenols is 1. The fourth-order valence-electron chi connectivity index (χ4n) is 11.3. The Bertz CT molecular complexity index is 2510. The van der Waals surface area contributed by atoms with Gasteiger partial charge in [0.2, 0.25) is 53.2 Å². The molecule has 6 rings (SSSR count).